The minimum Gasteiger partial charge on any atom is -0.206 e. The first-order valence-corrected chi connectivity index (χ1v) is 7.07. The molecule has 132 valence electrons. The van der Waals surface area contributed by atoms with Crippen molar-refractivity contribution in [2.45, 2.75) is 5.92 Å². The van der Waals surface area contributed by atoms with E-state index in [0.717, 1.165) is 0 Å². The van der Waals surface area contributed by atoms with E-state index in [-0.39, 0.29) is 5.56 Å². The van der Waals surface area contributed by atoms with Crippen molar-refractivity contribution in [2.75, 3.05) is 0 Å². The van der Waals surface area contributed by atoms with Crippen LogP contribution in [0.25, 0.3) is 10.8 Å². The largest absolute Gasteiger partial charge is 0.206 e. The van der Waals surface area contributed by atoms with E-state index in [1.165, 1.54) is 30.3 Å². The molecule has 0 aliphatic carbocycles. The van der Waals surface area contributed by atoms with Crippen molar-refractivity contribution in [1.82, 2.24) is 0 Å². The average Bonchev–Trinajstić information content (AvgIpc) is 2.65. The summed E-state index contributed by atoms with van der Waals surface area (Å²) in [4.78, 5) is 0. The highest BCUT2D eigenvalue weighted by Gasteiger charge is 2.33. The van der Waals surface area contributed by atoms with Crippen LogP contribution in [0.5, 0.6) is 0 Å². The van der Waals surface area contributed by atoms with Gasteiger partial charge in [-0.25, -0.2) is 30.7 Å². The normalized spacial score (nSPS) is 12.2. The minimum atomic E-state index is -2.40. The number of hydrogen-bond donors (Lipinski definition) is 0. The summed E-state index contributed by atoms with van der Waals surface area (Å²) >= 11 is 0. The van der Waals surface area contributed by atoms with E-state index in [4.69, 9.17) is 0 Å². The van der Waals surface area contributed by atoms with Gasteiger partial charge >= 0.3 is 0 Å². The van der Waals surface area contributed by atoms with Crippen molar-refractivity contribution in [3.8, 4) is 6.07 Å². The minimum absolute atomic E-state index is 0.0370. The molecule has 0 aromatic heterocycles. The van der Waals surface area contributed by atoms with E-state index in [2.05, 4.69) is 0 Å². The van der Waals surface area contributed by atoms with Gasteiger partial charge in [0, 0.05) is 5.56 Å². The molecule has 3 aromatic rings. The summed E-state index contributed by atoms with van der Waals surface area (Å²) in [6.07, 6.45) is 0. The number of nitriles is 1. The van der Waals surface area contributed by atoms with Crippen LogP contribution in [0.15, 0.2) is 30.3 Å². The molecule has 0 fully saturated rings. The zero-order chi connectivity index (χ0) is 19.2. The molecule has 0 N–H and O–H groups in total. The molecular formula is C18H6F7N. The molecule has 3 aromatic carbocycles. The predicted molar refractivity (Wildman–Crippen MR) is 77.6 cm³/mol. The summed E-state index contributed by atoms with van der Waals surface area (Å²) in [5.74, 6) is -17.0. The van der Waals surface area contributed by atoms with E-state index in [9.17, 15) is 36.0 Å². The van der Waals surface area contributed by atoms with Crippen molar-refractivity contribution in [1.29, 1.82) is 5.26 Å². The van der Waals surface area contributed by atoms with E-state index < -0.39 is 63.0 Å². The summed E-state index contributed by atoms with van der Waals surface area (Å²) in [5.41, 5.74) is -1.19. The van der Waals surface area contributed by atoms with Gasteiger partial charge in [-0.3, -0.25) is 0 Å². The fourth-order valence-electron chi connectivity index (χ4n) is 2.71. The molecule has 0 spiro atoms. The standard InChI is InChI=1S/C18H6F7N/c19-12-9(8(6-26)7-4-2-1-3-5-7)13(20)14(21)11-10(12)15(22)17(24)18(25)16(11)23/h1-5,8H. The Morgan fingerprint density at radius 2 is 1.08 bits per heavy atom. The lowest BCUT2D eigenvalue weighted by Crippen LogP contribution is -2.11. The Bertz CT molecular complexity index is 1070. The molecule has 0 amide bonds. The third-order valence-electron chi connectivity index (χ3n) is 3.92. The maximum Gasteiger partial charge on any atom is 0.198 e. The van der Waals surface area contributed by atoms with Crippen LogP contribution in [0.3, 0.4) is 0 Å². The first-order valence-electron chi connectivity index (χ1n) is 7.07. The maximum atomic E-state index is 14.7. The van der Waals surface area contributed by atoms with Crippen molar-refractivity contribution in [3.63, 3.8) is 0 Å². The van der Waals surface area contributed by atoms with Crippen LogP contribution in [0.4, 0.5) is 30.7 Å². The first kappa shape index (κ1) is 17.7. The Morgan fingerprint density at radius 1 is 0.615 bits per heavy atom. The highest BCUT2D eigenvalue weighted by molar-refractivity contribution is 5.86. The van der Waals surface area contributed by atoms with Gasteiger partial charge in [-0.15, -0.1) is 0 Å². The number of halogens is 7. The molecule has 0 aliphatic heterocycles. The molecule has 1 unspecified atom stereocenters. The summed E-state index contributed by atoms with van der Waals surface area (Å²) in [5, 5.41) is 5.95. The van der Waals surface area contributed by atoms with Crippen molar-refractivity contribution >= 4 is 10.8 Å². The third kappa shape index (κ3) is 2.39. The molecule has 8 heteroatoms. The molecule has 3 rings (SSSR count). The van der Waals surface area contributed by atoms with Crippen LogP contribution in [-0.4, -0.2) is 0 Å². The maximum absolute atomic E-state index is 14.7. The van der Waals surface area contributed by atoms with Gasteiger partial charge in [0.1, 0.15) is 11.7 Å². The Labute approximate surface area is 141 Å². The van der Waals surface area contributed by atoms with E-state index >= 15 is 0 Å². The highest BCUT2D eigenvalue weighted by Crippen LogP contribution is 2.38. The van der Waals surface area contributed by atoms with Gasteiger partial charge < -0.3 is 0 Å². The predicted octanol–water partition coefficient (Wildman–Crippen LogP) is 5.47. The van der Waals surface area contributed by atoms with Gasteiger partial charge in [0.15, 0.2) is 34.9 Å². The lowest BCUT2D eigenvalue weighted by atomic mass is 9.89. The molecule has 0 saturated heterocycles. The molecular weight excluding hydrogens is 363 g/mol. The molecule has 1 nitrogen and oxygen atoms in total. The van der Waals surface area contributed by atoms with Crippen molar-refractivity contribution < 1.29 is 30.7 Å². The number of benzene rings is 3. The Morgan fingerprint density at radius 3 is 1.58 bits per heavy atom. The monoisotopic (exact) mass is 369 g/mol. The summed E-state index contributed by atoms with van der Waals surface area (Å²) in [7, 11) is 0. The SMILES string of the molecule is N#CC(c1ccccc1)c1c(F)c(F)c2c(F)c(F)c(F)c(F)c2c1F. The summed E-state index contributed by atoms with van der Waals surface area (Å²) in [6.45, 7) is 0. The number of rotatable bonds is 2. The second-order valence-corrected chi connectivity index (χ2v) is 5.33. The van der Waals surface area contributed by atoms with Crippen LogP contribution in [0.2, 0.25) is 0 Å². The Balaban J connectivity index is 2.48. The van der Waals surface area contributed by atoms with Crippen LogP contribution in [-0.2, 0) is 0 Å². The van der Waals surface area contributed by atoms with Gasteiger partial charge in [-0.2, -0.15) is 5.26 Å². The molecule has 0 bridgehead atoms. The zero-order valence-electron chi connectivity index (χ0n) is 12.6. The van der Waals surface area contributed by atoms with Crippen LogP contribution in [0, 0.1) is 52.1 Å². The Hall–Kier alpha value is -3.08. The van der Waals surface area contributed by atoms with Crippen LogP contribution in [0.1, 0.15) is 17.0 Å². The van der Waals surface area contributed by atoms with Gasteiger partial charge in [0.2, 0.25) is 0 Å². The van der Waals surface area contributed by atoms with Crippen molar-refractivity contribution in [3.05, 3.63) is 82.2 Å². The average molecular weight is 369 g/mol. The van der Waals surface area contributed by atoms with E-state index in [1.807, 2.05) is 0 Å². The van der Waals surface area contributed by atoms with Crippen molar-refractivity contribution in [2.24, 2.45) is 0 Å². The van der Waals surface area contributed by atoms with Crippen LogP contribution < -0.4 is 0 Å². The Kier molecular flexibility index (Phi) is 4.32. The highest BCUT2D eigenvalue weighted by atomic mass is 19.2. The molecule has 26 heavy (non-hydrogen) atoms. The fraction of sp³-hybridized carbons (Fsp3) is 0.0556. The lowest BCUT2D eigenvalue weighted by molar-refractivity contribution is 0.410. The van der Waals surface area contributed by atoms with E-state index in [1.54, 1.807) is 6.07 Å². The number of fused-ring (bicyclic) bond motifs is 1. The topological polar surface area (TPSA) is 23.8 Å². The molecule has 0 heterocycles. The summed E-state index contributed by atoms with van der Waals surface area (Å²) < 4.78 is 97.9. The van der Waals surface area contributed by atoms with Gasteiger partial charge in [0.25, 0.3) is 0 Å². The smallest absolute Gasteiger partial charge is 0.198 e. The van der Waals surface area contributed by atoms with Gasteiger partial charge in [-0.05, 0) is 5.56 Å². The lowest BCUT2D eigenvalue weighted by Gasteiger charge is -2.16. The zero-order valence-corrected chi connectivity index (χ0v) is 12.6. The fourth-order valence-corrected chi connectivity index (χ4v) is 2.71. The molecule has 1 atom stereocenters. The number of nitrogens with zero attached hydrogens (tertiary/aromatic N) is 1. The van der Waals surface area contributed by atoms with Gasteiger partial charge in [0.05, 0.1) is 16.8 Å². The molecule has 0 radical (unpaired) electrons. The quantitative estimate of drug-likeness (QED) is 0.334. The number of hydrogen-bond acceptors (Lipinski definition) is 1. The van der Waals surface area contributed by atoms with Gasteiger partial charge in [-0.1, -0.05) is 30.3 Å². The van der Waals surface area contributed by atoms with Crippen LogP contribution >= 0.6 is 0 Å². The second kappa shape index (κ2) is 6.33. The molecule has 0 saturated carbocycles. The third-order valence-corrected chi connectivity index (χ3v) is 3.92. The second-order valence-electron chi connectivity index (χ2n) is 5.33. The van der Waals surface area contributed by atoms with E-state index in [0.29, 0.717) is 0 Å². The first-order chi connectivity index (χ1) is 12.3. The molecule has 0 aliphatic rings. The summed E-state index contributed by atoms with van der Waals surface area (Å²) in [6, 6.07) is 8.55.